The molecule has 1 amide bonds. The first-order chi connectivity index (χ1) is 5.07. The summed E-state index contributed by atoms with van der Waals surface area (Å²) in [5.74, 6) is 1.55. The van der Waals surface area contributed by atoms with E-state index >= 15 is 0 Å². The molecule has 0 heterocycles. The summed E-state index contributed by atoms with van der Waals surface area (Å²) in [4.78, 5) is 11.3. The molecule has 0 fully saturated rings. The van der Waals surface area contributed by atoms with Crippen molar-refractivity contribution in [1.82, 2.24) is 0 Å². The lowest BCUT2D eigenvalue weighted by Crippen LogP contribution is -2.12. The summed E-state index contributed by atoms with van der Waals surface area (Å²) in [5, 5.41) is 0. The Morgan fingerprint density at radius 3 is 2.45 bits per heavy atom. The van der Waals surface area contributed by atoms with Gasteiger partial charge < -0.3 is 10.5 Å². The van der Waals surface area contributed by atoms with Crippen molar-refractivity contribution < 1.29 is 9.53 Å². The molecule has 0 atom stereocenters. The van der Waals surface area contributed by atoms with Crippen LogP contribution in [0.15, 0.2) is 10.7 Å². The minimum atomic E-state index is -0.751. The predicted molar refractivity (Wildman–Crippen MR) is 47.2 cm³/mol. The van der Waals surface area contributed by atoms with Gasteiger partial charge in [-0.2, -0.15) is 0 Å². The van der Waals surface area contributed by atoms with Gasteiger partial charge in [-0.15, -0.1) is 11.8 Å². The molecule has 0 aromatic heterocycles. The van der Waals surface area contributed by atoms with Gasteiger partial charge in [0.2, 0.25) is 0 Å². The van der Waals surface area contributed by atoms with Gasteiger partial charge in [-0.1, -0.05) is 6.92 Å². The molecular weight excluding hydrogens is 162 g/mol. The van der Waals surface area contributed by atoms with Crippen LogP contribution in [0.3, 0.4) is 0 Å². The van der Waals surface area contributed by atoms with Gasteiger partial charge in [0.1, 0.15) is 5.76 Å². The van der Waals surface area contributed by atoms with Gasteiger partial charge in [0.15, 0.2) is 0 Å². The highest BCUT2D eigenvalue weighted by molar-refractivity contribution is 8.03. The number of allylic oxidation sites excluding steroid dienone is 2. The Labute approximate surface area is 71.0 Å². The highest BCUT2D eigenvalue weighted by atomic mass is 32.2. The Balaban J connectivity index is 4.04. The van der Waals surface area contributed by atoms with Crippen molar-refractivity contribution in [3.63, 3.8) is 0 Å². The molecular formula is C7H13NO2S. The lowest BCUT2D eigenvalue weighted by Gasteiger charge is -2.04. The number of hydrogen-bond donors (Lipinski definition) is 1. The minimum absolute atomic E-state index is 0.587. The highest BCUT2D eigenvalue weighted by Gasteiger charge is 2.00. The monoisotopic (exact) mass is 175 g/mol. The summed E-state index contributed by atoms with van der Waals surface area (Å²) < 4.78 is 4.66. The van der Waals surface area contributed by atoms with Crippen molar-refractivity contribution >= 4 is 17.9 Å². The van der Waals surface area contributed by atoms with E-state index in [9.17, 15) is 4.79 Å². The number of rotatable bonds is 3. The molecule has 11 heavy (non-hydrogen) atoms. The average molecular weight is 175 g/mol. The van der Waals surface area contributed by atoms with Crippen LogP contribution in [-0.4, -0.2) is 11.8 Å². The van der Waals surface area contributed by atoms with E-state index in [1.807, 2.05) is 13.8 Å². The van der Waals surface area contributed by atoms with E-state index in [4.69, 9.17) is 5.73 Å². The summed E-state index contributed by atoms with van der Waals surface area (Å²) in [7, 11) is 0. The summed E-state index contributed by atoms with van der Waals surface area (Å²) in [6.07, 6.45) is -0.751. The number of nitrogens with two attached hydrogens (primary N) is 1. The highest BCUT2D eigenvalue weighted by Crippen LogP contribution is 2.18. The van der Waals surface area contributed by atoms with Crippen LogP contribution in [0.5, 0.6) is 0 Å². The first-order valence-electron chi connectivity index (χ1n) is 3.35. The van der Waals surface area contributed by atoms with Gasteiger partial charge in [0.05, 0.1) is 0 Å². The molecule has 0 saturated heterocycles. The van der Waals surface area contributed by atoms with E-state index in [0.29, 0.717) is 5.76 Å². The summed E-state index contributed by atoms with van der Waals surface area (Å²) >= 11 is 1.63. The second-order valence-corrected chi connectivity index (χ2v) is 3.44. The first kappa shape index (κ1) is 10.4. The number of ether oxygens (including phenoxy) is 1. The number of carbonyl (C=O) groups is 1. The molecule has 0 spiro atoms. The smallest absolute Gasteiger partial charge is 0.409 e. The Hall–Kier alpha value is -0.640. The predicted octanol–water partition coefficient (Wildman–Crippen LogP) is 2.09. The molecule has 0 aliphatic rings. The molecule has 0 aromatic rings. The second kappa shape index (κ2) is 5.07. The molecule has 0 rings (SSSR count). The van der Waals surface area contributed by atoms with Crippen LogP contribution < -0.4 is 5.73 Å². The van der Waals surface area contributed by atoms with Gasteiger partial charge >= 0.3 is 6.09 Å². The molecule has 2 N–H and O–H groups in total. The lowest BCUT2D eigenvalue weighted by molar-refractivity contribution is 0.187. The van der Waals surface area contributed by atoms with Crippen LogP contribution >= 0.6 is 11.8 Å². The van der Waals surface area contributed by atoms with Crippen LogP contribution in [0.1, 0.15) is 20.8 Å². The quantitative estimate of drug-likeness (QED) is 0.668. The maximum Gasteiger partial charge on any atom is 0.409 e. The molecule has 0 radical (unpaired) electrons. The summed E-state index contributed by atoms with van der Waals surface area (Å²) in [6.45, 7) is 5.65. The lowest BCUT2D eigenvalue weighted by atomic mass is 10.5. The van der Waals surface area contributed by atoms with Crippen LogP contribution in [0.2, 0.25) is 0 Å². The van der Waals surface area contributed by atoms with Crippen molar-refractivity contribution in [3.05, 3.63) is 10.7 Å². The van der Waals surface area contributed by atoms with Crippen molar-refractivity contribution in [2.75, 3.05) is 5.75 Å². The third kappa shape index (κ3) is 4.72. The van der Waals surface area contributed by atoms with Crippen LogP contribution in [0.4, 0.5) is 4.79 Å². The topological polar surface area (TPSA) is 52.3 Å². The van der Waals surface area contributed by atoms with Crippen LogP contribution in [0.25, 0.3) is 0 Å². The van der Waals surface area contributed by atoms with E-state index < -0.39 is 6.09 Å². The van der Waals surface area contributed by atoms with Crippen LogP contribution in [0, 0.1) is 0 Å². The maximum absolute atomic E-state index is 10.3. The van der Waals surface area contributed by atoms with Gasteiger partial charge in [0, 0.05) is 4.91 Å². The summed E-state index contributed by atoms with van der Waals surface area (Å²) in [5.41, 5.74) is 4.82. The molecule has 64 valence electrons. The number of hydrogen-bond acceptors (Lipinski definition) is 3. The molecule has 3 nitrogen and oxygen atoms in total. The van der Waals surface area contributed by atoms with Crippen molar-refractivity contribution in [1.29, 1.82) is 0 Å². The van der Waals surface area contributed by atoms with E-state index in [-0.39, 0.29) is 0 Å². The SMILES string of the molecule is CCSC(C)=C(C)OC(N)=O. The Morgan fingerprint density at radius 2 is 2.09 bits per heavy atom. The maximum atomic E-state index is 10.3. The largest absolute Gasteiger partial charge is 0.415 e. The fourth-order valence-electron chi connectivity index (χ4n) is 0.541. The zero-order valence-electron chi connectivity index (χ0n) is 7.01. The van der Waals surface area contributed by atoms with E-state index in [0.717, 1.165) is 10.7 Å². The van der Waals surface area contributed by atoms with E-state index in [1.54, 1.807) is 18.7 Å². The summed E-state index contributed by atoms with van der Waals surface area (Å²) in [6, 6.07) is 0. The van der Waals surface area contributed by atoms with Crippen molar-refractivity contribution in [2.45, 2.75) is 20.8 Å². The second-order valence-electron chi connectivity index (χ2n) is 1.97. The first-order valence-corrected chi connectivity index (χ1v) is 4.34. The number of primary amides is 1. The van der Waals surface area contributed by atoms with Gasteiger partial charge in [-0.25, -0.2) is 4.79 Å². The normalized spacial score (nSPS) is 12.3. The Kier molecular flexibility index (Phi) is 4.77. The van der Waals surface area contributed by atoms with Gasteiger partial charge in [-0.05, 0) is 19.6 Å². The van der Waals surface area contributed by atoms with E-state index in [1.165, 1.54) is 0 Å². The van der Waals surface area contributed by atoms with Gasteiger partial charge in [0.25, 0.3) is 0 Å². The molecule has 0 saturated carbocycles. The molecule has 0 aromatic carbocycles. The third-order valence-corrected chi connectivity index (χ3v) is 2.12. The van der Waals surface area contributed by atoms with Crippen molar-refractivity contribution in [3.8, 4) is 0 Å². The molecule has 4 heteroatoms. The zero-order chi connectivity index (χ0) is 8.85. The molecule has 0 bridgehead atoms. The average Bonchev–Trinajstić information content (AvgIpc) is 1.86. The number of thioether (sulfide) groups is 1. The van der Waals surface area contributed by atoms with Crippen LogP contribution in [-0.2, 0) is 4.74 Å². The third-order valence-electron chi connectivity index (χ3n) is 1.11. The standard InChI is InChI=1S/C7H13NO2S/c1-4-11-6(3)5(2)10-7(8)9/h4H2,1-3H3,(H2,8,9). The van der Waals surface area contributed by atoms with Gasteiger partial charge in [-0.3, -0.25) is 0 Å². The fourth-order valence-corrected chi connectivity index (χ4v) is 1.22. The Morgan fingerprint density at radius 1 is 1.55 bits per heavy atom. The molecule has 0 aliphatic carbocycles. The Bertz CT molecular complexity index is 177. The molecule has 0 aliphatic heterocycles. The number of amides is 1. The van der Waals surface area contributed by atoms with Crippen molar-refractivity contribution in [2.24, 2.45) is 5.73 Å². The van der Waals surface area contributed by atoms with E-state index in [2.05, 4.69) is 4.74 Å². The number of carbonyl (C=O) groups excluding carboxylic acids is 1. The fraction of sp³-hybridized carbons (Fsp3) is 0.571. The molecule has 0 unspecified atom stereocenters. The zero-order valence-corrected chi connectivity index (χ0v) is 7.83. The minimum Gasteiger partial charge on any atom is -0.415 e.